The third-order valence-electron chi connectivity index (χ3n) is 4.79. The van der Waals surface area contributed by atoms with Crippen LogP contribution in [0.4, 0.5) is 5.82 Å². The first-order valence-corrected chi connectivity index (χ1v) is 8.11. The van der Waals surface area contributed by atoms with Crippen LogP contribution in [0.1, 0.15) is 36.6 Å². The summed E-state index contributed by atoms with van der Waals surface area (Å²) in [5.74, 6) is 1.53. The Labute approximate surface area is 131 Å². The van der Waals surface area contributed by atoms with Gasteiger partial charge in [-0.1, -0.05) is 19.1 Å². The highest BCUT2D eigenvalue weighted by atomic mass is 32.1. The summed E-state index contributed by atoms with van der Waals surface area (Å²) in [7, 11) is 1.79. The van der Waals surface area contributed by atoms with Crippen molar-refractivity contribution in [3.8, 4) is 0 Å². The number of piperidine rings is 1. The molecule has 3 rings (SSSR count). The van der Waals surface area contributed by atoms with Gasteiger partial charge in [0.25, 0.3) is 0 Å². The van der Waals surface area contributed by atoms with E-state index < -0.39 is 0 Å². The second-order valence-electron chi connectivity index (χ2n) is 6.17. The van der Waals surface area contributed by atoms with Crippen LogP contribution in [0.3, 0.4) is 0 Å². The Morgan fingerprint density at radius 2 is 2.29 bits per heavy atom. The number of hydrogen-bond acceptors (Lipinski definition) is 4. The van der Waals surface area contributed by atoms with Gasteiger partial charge in [0.1, 0.15) is 10.8 Å². The van der Waals surface area contributed by atoms with Crippen LogP contribution in [0.15, 0.2) is 6.07 Å². The Kier molecular flexibility index (Phi) is 4.13. The zero-order chi connectivity index (χ0) is 15.0. The maximum absolute atomic E-state index is 5.94. The van der Waals surface area contributed by atoms with E-state index in [1.54, 1.807) is 7.11 Å². The van der Waals surface area contributed by atoms with E-state index in [0.717, 1.165) is 43.7 Å². The first-order valence-electron chi connectivity index (χ1n) is 7.70. The fourth-order valence-electron chi connectivity index (χ4n) is 3.42. The summed E-state index contributed by atoms with van der Waals surface area (Å²) in [4.78, 5) is 7.63. The molecule has 0 aromatic carbocycles. The molecular formula is C16H23N3OS. The Morgan fingerprint density at radius 3 is 3.00 bits per heavy atom. The van der Waals surface area contributed by atoms with E-state index in [1.807, 2.05) is 0 Å². The van der Waals surface area contributed by atoms with Crippen molar-refractivity contribution in [3.05, 3.63) is 22.9 Å². The quantitative estimate of drug-likeness (QED) is 0.866. The third-order valence-corrected chi connectivity index (χ3v) is 5.01. The molecule has 1 aliphatic heterocycles. The summed E-state index contributed by atoms with van der Waals surface area (Å²) < 4.78 is 5.61. The van der Waals surface area contributed by atoms with Crippen LogP contribution in [0.25, 0.3) is 0 Å². The first-order chi connectivity index (χ1) is 10.1. The Hall–Kier alpha value is -1.20. The van der Waals surface area contributed by atoms with Gasteiger partial charge in [-0.05, 0) is 43.2 Å². The molecule has 0 radical (unpaired) electrons. The molecule has 4 nitrogen and oxygen atoms in total. The molecule has 1 saturated heterocycles. The molecule has 1 aromatic rings. The van der Waals surface area contributed by atoms with Crippen molar-refractivity contribution in [1.29, 1.82) is 0 Å². The van der Waals surface area contributed by atoms with Gasteiger partial charge < -0.3 is 15.4 Å². The summed E-state index contributed by atoms with van der Waals surface area (Å²) in [6, 6.07) is 2.16. The van der Waals surface area contributed by atoms with Crippen LogP contribution in [-0.2, 0) is 17.6 Å². The predicted molar refractivity (Wildman–Crippen MR) is 88.9 cm³/mol. The van der Waals surface area contributed by atoms with Crippen LogP contribution in [0, 0.1) is 5.92 Å². The summed E-state index contributed by atoms with van der Waals surface area (Å²) in [6.45, 7) is 4.09. The minimum absolute atomic E-state index is 0.244. The lowest BCUT2D eigenvalue weighted by molar-refractivity contribution is 0.0496. The molecule has 1 aliphatic carbocycles. The standard InChI is InChI=1S/C16H23N3OS/c1-10-6-7-19(9-14(10)20-2)16-12(15(17)21)8-11-4-3-5-13(11)18-16/h8,10,14H,3-7,9H2,1-2H3,(H2,17,21). The van der Waals surface area contributed by atoms with Crippen molar-refractivity contribution >= 4 is 23.0 Å². The molecule has 2 atom stereocenters. The molecule has 1 aromatic heterocycles. The highest BCUT2D eigenvalue weighted by Crippen LogP contribution is 2.30. The smallest absolute Gasteiger partial charge is 0.139 e. The van der Waals surface area contributed by atoms with Crippen LogP contribution in [0.2, 0.25) is 0 Å². The van der Waals surface area contributed by atoms with Crippen molar-refractivity contribution in [2.24, 2.45) is 11.7 Å². The van der Waals surface area contributed by atoms with Gasteiger partial charge >= 0.3 is 0 Å². The van der Waals surface area contributed by atoms with Gasteiger partial charge in [-0.15, -0.1) is 0 Å². The molecule has 0 spiro atoms. The molecule has 2 heterocycles. The van der Waals surface area contributed by atoms with Crippen molar-refractivity contribution < 1.29 is 4.74 Å². The fourth-order valence-corrected chi connectivity index (χ4v) is 3.57. The Morgan fingerprint density at radius 1 is 1.48 bits per heavy atom. The number of hydrogen-bond donors (Lipinski definition) is 1. The molecule has 5 heteroatoms. The van der Waals surface area contributed by atoms with Gasteiger partial charge in [-0.2, -0.15) is 0 Å². The van der Waals surface area contributed by atoms with Gasteiger partial charge in [0.15, 0.2) is 0 Å². The van der Waals surface area contributed by atoms with E-state index in [2.05, 4.69) is 17.9 Å². The SMILES string of the molecule is COC1CN(c2nc3c(cc2C(N)=S)CCC3)CCC1C. The molecule has 21 heavy (non-hydrogen) atoms. The van der Waals surface area contributed by atoms with Crippen molar-refractivity contribution in [2.45, 2.75) is 38.7 Å². The van der Waals surface area contributed by atoms with Crippen LogP contribution >= 0.6 is 12.2 Å². The molecule has 2 unspecified atom stereocenters. The van der Waals surface area contributed by atoms with Gasteiger partial charge in [0, 0.05) is 25.9 Å². The van der Waals surface area contributed by atoms with Crippen molar-refractivity contribution in [2.75, 3.05) is 25.1 Å². The number of pyridine rings is 1. The number of ether oxygens (including phenoxy) is 1. The third kappa shape index (κ3) is 2.77. The van der Waals surface area contributed by atoms with Gasteiger partial charge in [-0.3, -0.25) is 0 Å². The summed E-state index contributed by atoms with van der Waals surface area (Å²) in [5.41, 5.74) is 9.40. The van der Waals surface area contributed by atoms with E-state index >= 15 is 0 Å². The average molecular weight is 305 g/mol. The lowest BCUT2D eigenvalue weighted by Gasteiger charge is -2.37. The minimum atomic E-state index is 0.244. The highest BCUT2D eigenvalue weighted by molar-refractivity contribution is 7.80. The van der Waals surface area contributed by atoms with E-state index in [-0.39, 0.29) is 6.10 Å². The topological polar surface area (TPSA) is 51.4 Å². The van der Waals surface area contributed by atoms with E-state index in [1.165, 1.54) is 17.7 Å². The lowest BCUT2D eigenvalue weighted by atomic mass is 9.95. The van der Waals surface area contributed by atoms with Gasteiger partial charge in [0.05, 0.1) is 11.7 Å². The van der Waals surface area contributed by atoms with Crippen LogP contribution in [-0.4, -0.2) is 36.3 Å². The van der Waals surface area contributed by atoms with Crippen LogP contribution in [0.5, 0.6) is 0 Å². The number of aromatic nitrogens is 1. The second-order valence-corrected chi connectivity index (χ2v) is 6.61. The second kappa shape index (κ2) is 5.89. The number of methoxy groups -OCH3 is 1. The van der Waals surface area contributed by atoms with Crippen LogP contribution < -0.4 is 10.6 Å². The molecule has 0 amide bonds. The number of anilines is 1. The summed E-state index contributed by atoms with van der Waals surface area (Å²) >= 11 is 5.25. The molecule has 1 fully saturated rings. The average Bonchev–Trinajstić information content (AvgIpc) is 2.93. The molecular weight excluding hydrogens is 282 g/mol. The van der Waals surface area contributed by atoms with Gasteiger partial charge in [-0.25, -0.2) is 4.98 Å². The Balaban J connectivity index is 1.95. The van der Waals surface area contributed by atoms with Crippen molar-refractivity contribution in [3.63, 3.8) is 0 Å². The zero-order valence-corrected chi connectivity index (χ0v) is 13.6. The number of rotatable bonds is 3. The molecule has 0 saturated carbocycles. The molecule has 2 aliphatic rings. The first kappa shape index (κ1) is 14.7. The van der Waals surface area contributed by atoms with Gasteiger partial charge in [0.2, 0.25) is 0 Å². The van der Waals surface area contributed by atoms with E-state index in [9.17, 15) is 0 Å². The Bertz CT molecular complexity index is 561. The number of thiocarbonyl (C=S) groups is 1. The summed E-state index contributed by atoms with van der Waals surface area (Å²) in [5, 5.41) is 0. The predicted octanol–water partition coefficient (Wildman–Crippen LogP) is 2.07. The highest BCUT2D eigenvalue weighted by Gasteiger charge is 2.29. The molecule has 0 bridgehead atoms. The monoisotopic (exact) mass is 305 g/mol. The number of fused-ring (bicyclic) bond motifs is 1. The maximum Gasteiger partial charge on any atom is 0.139 e. The number of nitrogens with zero attached hydrogens (tertiary/aromatic N) is 2. The van der Waals surface area contributed by atoms with Crippen molar-refractivity contribution in [1.82, 2.24) is 4.98 Å². The summed E-state index contributed by atoms with van der Waals surface area (Å²) in [6.07, 6.45) is 4.69. The van der Waals surface area contributed by atoms with E-state index in [0.29, 0.717) is 10.9 Å². The number of aryl methyl sites for hydroxylation is 2. The lowest BCUT2D eigenvalue weighted by Crippen LogP contribution is -2.45. The molecule has 2 N–H and O–H groups in total. The normalized spacial score (nSPS) is 25.0. The zero-order valence-electron chi connectivity index (χ0n) is 12.8. The fraction of sp³-hybridized carbons (Fsp3) is 0.625. The van der Waals surface area contributed by atoms with E-state index in [4.69, 9.17) is 27.7 Å². The maximum atomic E-state index is 5.94. The molecule has 114 valence electrons. The largest absolute Gasteiger partial charge is 0.389 e. The number of nitrogens with two attached hydrogens (primary N) is 1. The minimum Gasteiger partial charge on any atom is -0.389 e.